The van der Waals surface area contributed by atoms with Crippen LogP contribution in [0.5, 0.6) is 0 Å². The van der Waals surface area contributed by atoms with E-state index in [2.05, 4.69) is 0 Å². The summed E-state index contributed by atoms with van der Waals surface area (Å²) in [5.74, 6) is -1.49. The zero-order valence-corrected chi connectivity index (χ0v) is 11.9. The molecule has 1 aromatic rings. The topological polar surface area (TPSA) is 57.6 Å². The highest BCUT2D eigenvalue weighted by Crippen LogP contribution is 2.32. The highest BCUT2D eigenvalue weighted by molar-refractivity contribution is 8.26. The summed E-state index contributed by atoms with van der Waals surface area (Å²) in [6.45, 7) is -0.419. The number of thioether (sulfide) groups is 1. The average Bonchev–Trinajstić information content (AvgIpc) is 2.57. The van der Waals surface area contributed by atoms with Crippen LogP contribution in [0.1, 0.15) is 5.56 Å². The Bertz CT molecular complexity index is 600. The van der Waals surface area contributed by atoms with Gasteiger partial charge in [0.1, 0.15) is 10.9 Å². The van der Waals surface area contributed by atoms with E-state index in [1.54, 1.807) is 30.3 Å². The molecule has 19 heavy (non-hydrogen) atoms. The first-order chi connectivity index (χ1) is 8.97. The number of nitrogens with zero attached hydrogens (tertiary/aromatic N) is 1. The quantitative estimate of drug-likeness (QED) is 0.686. The molecule has 4 nitrogen and oxygen atoms in total. The summed E-state index contributed by atoms with van der Waals surface area (Å²) in [5, 5.41) is 9.29. The van der Waals surface area contributed by atoms with E-state index in [1.807, 2.05) is 0 Å². The predicted molar refractivity (Wildman–Crippen MR) is 79.0 cm³/mol. The van der Waals surface area contributed by atoms with Crippen molar-refractivity contribution in [1.82, 2.24) is 4.90 Å². The summed E-state index contributed by atoms with van der Waals surface area (Å²) >= 11 is 11.9. The number of halogens is 1. The molecule has 0 aromatic heterocycles. The van der Waals surface area contributed by atoms with Crippen molar-refractivity contribution in [3.05, 3.63) is 39.8 Å². The Labute approximate surface area is 124 Å². The van der Waals surface area contributed by atoms with Crippen molar-refractivity contribution in [2.75, 3.05) is 6.54 Å². The van der Waals surface area contributed by atoms with E-state index < -0.39 is 18.4 Å². The summed E-state index contributed by atoms with van der Waals surface area (Å²) in [7, 11) is 0. The molecule has 7 heteroatoms. The molecule has 0 bridgehead atoms. The fraction of sp³-hybridized carbons (Fsp3) is 0.0833. The Kier molecular flexibility index (Phi) is 4.24. The summed E-state index contributed by atoms with van der Waals surface area (Å²) in [6.07, 6.45) is 1.65. The Balaban J connectivity index is 2.25. The molecule has 1 fully saturated rings. The van der Waals surface area contributed by atoms with Crippen molar-refractivity contribution in [1.29, 1.82) is 0 Å². The van der Waals surface area contributed by atoms with Gasteiger partial charge in [-0.25, -0.2) is 0 Å². The summed E-state index contributed by atoms with van der Waals surface area (Å²) < 4.78 is 0.251. The van der Waals surface area contributed by atoms with Crippen LogP contribution in [0.25, 0.3) is 6.08 Å². The van der Waals surface area contributed by atoms with E-state index in [0.29, 0.717) is 9.93 Å². The van der Waals surface area contributed by atoms with Gasteiger partial charge in [-0.05, 0) is 23.8 Å². The fourth-order valence-corrected chi connectivity index (χ4v) is 2.97. The molecule has 1 amide bonds. The Hall–Kier alpha value is -1.37. The van der Waals surface area contributed by atoms with E-state index in [1.165, 1.54) is 0 Å². The third kappa shape index (κ3) is 3.34. The minimum atomic E-state index is -1.10. The van der Waals surface area contributed by atoms with Crippen molar-refractivity contribution in [3.8, 4) is 0 Å². The Morgan fingerprint density at radius 1 is 1.53 bits per heavy atom. The van der Waals surface area contributed by atoms with E-state index in [0.717, 1.165) is 22.2 Å². The van der Waals surface area contributed by atoms with E-state index in [9.17, 15) is 9.59 Å². The first kappa shape index (κ1) is 14.0. The molecule has 1 heterocycles. The lowest BCUT2D eigenvalue weighted by atomic mass is 10.2. The number of thiocarbonyl (C=S) groups is 1. The molecule has 1 aliphatic heterocycles. The zero-order valence-electron chi connectivity index (χ0n) is 9.50. The number of carboxylic acids is 1. The van der Waals surface area contributed by atoms with Crippen LogP contribution in [0.4, 0.5) is 0 Å². The number of benzene rings is 1. The van der Waals surface area contributed by atoms with Gasteiger partial charge in [-0.2, -0.15) is 0 Å². The number of aliphatic carboxylic acids is 1. The van der Waals surface area contributed by atoms with Crippen LogP contribution in [-0.2, 0) is 9.59 Å². The van der Waals surface area contributed by atoms with Crippen molar-refractivity contribution in [2.45, 2.75) is 0 Å². The molecule has 0 spiro atoms. The highest BCUT2D eigenvalue weighted by atomic mass is 35.5. The lowest BCUT2D eigenvalue weighted by molar-refractivity contribution is -0.140. The van der Waals surface area contributed by atoms with Crippen LogP contribution in [0.2, 0.25) is 5.02 Å². The number of rotatable bonds is 3. The van der Waals surface area contributed by atoms with Gasteiger partial charge in [0.2, 0.25) is 0 Å². The van der Waals surface area contributed by atoms with Gasteiger partial charge in [0.25, 0.3) is 5.91 Å². The van der Waals surface area contributed by atoms with Crippen molar-refractivity contribution in [3.63, 3.8) is 0 Å². The van der Waals surface area contributed by atoms with Crippen molar-refractivity contribution in [2.24, 2.45) is 0 Å². The van der Waals surface area contributed by atoms with Crippen LogP contribution in [-0.4, -0.2) is 32.7 Å². The molecule has 2 rings (SSSR count). The molecule has 0 aliphatic carbocycles. The zero-order chi connectivity index (χ0) is 14.0. The molecule has 1 N–H and O–H groups in total. The lowest BCUT2D eigenvalue weighted by Crippen LogP contribution is -2.33. The van der Waals surface area contributed by atoms with Gasteiger partial charge in [-0.15, -0.1) is 0 Å². The second-order valence-electron chi connectivity index (χ2n) is 3.72. The number of carbonyl (C=O) groups excluding carboxylic acids is 1. The first-order valence-electron chi connectivity index (χ1n) is 5.20. The Morgan fingerprint density at radius 3 is 2.89 bits per heavy atom. The maximum absolute atomic E-state index is 12.0. The minimum Gasteiger partial charge on any atom is -0.480 e. The van der Waals surface area contributed by atoms with Crippen molar-refractivity contribution < 1.29 is 14.7 Å². The van der Waals surface area contributed by atoms with Crippen LogP contribution in [0.15, 0.2) is 29.2 Å². The second kappa shape index (κ2) is 5.73. The maximum atomic E-state index is 12.0. The summed E-state index contributed by atoms with van der Waals surface area (Å²) in [4.78, 5) is 24.1. The summed E-state index contributed by atoms with van der Waals surface area (Å²) in [6, 6.07) is 7.02. The number of hydrogen-bond donors (Lipinski definition) is 1. The van der Waals surface area contributed by atoms with Gasteiger partial charge in [0.05, 0.1) is 4.91 Å². The third-order valence-electron chi connectivity index (χ3n) is 2.31. The van der Waals surface area contributed by atoms with Crippen LogP contribution in [0.3, 0.4) is 0 Å². The predicted octanol–water partition coefficient (Wildman–Crippen LogP) is 2.63. The fourth-order valence-electron chi connectivity index (χ4n) is 1.52. The number of amides is 1. The molecule has 0 unspecified atom stereocenters. The Morgan fingerprint density at radius 2 is 2.26 bits per heavy atom. The minimum absolute atomic E-state index is 0.251. The van der Waals surface area contributed by atoms with Gasteiger partial charge in [-0.1, -0.05) is 47.7 Å². The molecule has 1 saturated heterocycles. The molecular weight excluding hydrogens is 306 g/mol. The molecule has 1 aromatic carbocycles. The van der Waals surface area contributed by atoms with Gasteiger partial charge in [-0.3, -0.25) is 14.5 Å². The number of carbonyl (C=O) groups is 2. The molecule has 1 aliphatic rings. The number of hydrogen-bond acceptors (Lipinski definition) is 4. The van der Waals surface area contributed by atoms with E-state index >= 15 is 0 Å². The van der Waals surface area contributed by atoms with Gasteiger partial charge in [0.15, 0.2) is 0 Å². The molecular formula is C12H8ClNO3S2. The van der Waals surface area contributed by atoms with Gasteiger partial charge < -0.3 is 5.11 Å². The highest BCUT2D eigenvalue weighted by Gasteiger charge is 2.33. The summed E-state index contributed by atoms with van der Waals surface area (Å²) in [5.41, 5.74) is 0.767. The second-order valence-corrected chi connectivity index (χ2v) is 5.83. The molecule has 0 radical (unpaired) electrons. The standard InChI is InChI=1S/C12H8ClNO3S2/c13-8-3-1-2-7(4-8)5-9-11(17)14(6-10(15)16)12(18)19-9/h1-5H,6H2,(H,15,16)/b9-5+. The SMILES string of the molecule is O=C(O)CN1C(=O)/C(=C\c2cccc(Cl)c2)SC1=S. The first-order valence-corrected chi connectivity index (χ1v) is 6.80. The average molecular weight is 314 g/mol. The lowest BCUT2D eigenvalue weighted by Gasteiger charge is -2.10. The van der Waals surface area contributed by atoms with E-state index in [-0.39, 0.29) is 4.32 Å². The van der Waals surface area contributed by atoms with Crippen LogP contribution < -0.4 is 0 Å². The van der Waals surface area contributed by atoms with Crippen LogP contribution in [0, 0.1) is 0 Å². The smallest absolute Gasteiger partial charge is 0.323 e. The van der Waals surface area contributed by atoms with Gasteiger partial charge >= 0.3 is 5.97 Å². The number of carboxylic acid groups (broad SMARTS) is 1. The maximum Gasteiger partial charge on any atom is 0.323 e. The monoisotopic (exact) mass is 313 g/mol. The molecule has 0 saturated carbocycles. The molecule has 0 atom stereocenters. The molecule has 98 valence electrons. The normalized spacial score (nSPS) is 17.3. The van der Waals surface area contributed by atoms with Crippen molar-refractivity contribution >= 4 is 57.9 Å². The third-order valence-corrected chi connectivity index (χ3v) is 3.93. The van der Waals surface area contributed by atoms with E-state index in [4.69, 9.17) is 28.9 Å². The van der Waals surface area contributed by atoms with Crippen LogP contribution >= 0.6 is 35.6 Å². The largest absolute Gasteiger partial charge is 0.480 e. The van der Waals surface area contributed by atoms with Gasteiger partial charge in [0, 0.05) is 5.02 Å².